The second-order valence-electron chi connectivity index (χ2n) is 6.05. The standard InChI is InChI=1S/C15H15ClN2O3/c1-15(2)7-10(15)18-13(20)11(12(19)17-14(18)21)8-4-3-5-9(16)6-8/h3-6,10,20H,7H2,1-2H3,(H,17,19,21). The van der Waals surface area contributed by atoms with Gasteiger partial charge in [0.1, 0.15) is 5.56 Å². The van der Waals surface area contributed by atoms with Gasteiger partial charge in [-0.1, -0.05) is 37.6 Å². The van der Waals surface area contributed by atoms with Crippen molar-refractivity contribution in [1.82, 2.24) is 9.55 Å². The molecule has 0 radical (unpaired) electrons. The van der Waals surface area contributed by atoms with Crippen LogP contribution in [0, 0.1) is 5.41 Å². The summed E-state index contributed by atoms with van der Waals surface area (Å²) in [5.41, 5.74) is -0.716. The zero-order valence-corrected chi connectivity index (χ0v) is 12.4. The van der Waals surface area contributed by atoms with Gasteiger partial charge < -0.3 is 5.11 Å². The van der Waals surface area contributed by atoms with E-state index in [0.29, 0.717) is 10.6 Å². The second kappa shape index (κ2) is 4.49. The number of aromatic amines is 1. The van der Waals surface area contributed by atoms with Gasteiger partial charge in [0.15, 0.2) is 0 Å². The van der Waals surface area contributed by atoms with E-state index in [-0.39, 0.29) is 22.9 Å². The third-order valence-corrected chi connectivity index (χ3v) is 4.24. The first kappa shape index (κ1) is 13.9. The largest absolute Gasteiger partial charge is 0.494 e. The molecule has 6 heteroatoms. The van der Waals surface area contributed by atoms with Crippen molar-refractivity contribution in [2.24, 2.45) is 5.41 Å². The highest BCUT2D eigenvalue weighted by Gasteiger charge is 2.49. The van der Waals surface area contributed by atoms with Gasteiger partial charge >= 0.3 is 5.69 Å². The molecule has 1 unspecified atom stereocenters. The van der Waals surface area contributed by atoms with Crippen LogP contribution in [0.25, 0.3) is 11.1 Å². The molecule has 1 saturated carbocycles. The normalized spacial score (nSPS) is 19.5. The van der Waals surface area contributed by atoms with E-state index in [1.54, 1.807) is 24.3 Å². The Morgan fingerprint density at radius 1 is 1.38 bits per heavy atom. The molecule has 1 aromatic carbocycles. The van der Waals surface area contributed by atoms with Crippen molar-refractivity contribution >= 4 is 11.6 Å². The first-order chi connectivity index (χ1) is 9.81. The van der Waals surface area contributed by atoms with Gasteiger partial charge in [0, 0.05) is 11.1 Å². The molecule has 1 heterocycles. The Balaban J connectivity index is 2.25. The minimum atomic E-state index is -0.616. The first-order valence-electron chi connectivity index (χ1n) is 6.65. The Bertz CT molecular complexity index is 836. The summed E-state index contributed by atoms with van der Waals surface area (Å²) in [6.07, 6.45) is 0.779. The monoisotopic (exact) mass is 306 g/mol. The molecule has 5 nitrogen and oxygen atoms in total. The van der Waals surface area contributed by atoms with E-state index in [2.05, 4.69) is 4.98 Å². The van der Waals surface area contributed by atoms with Crippen LogP contribution in [0.4, 0.5) is 0 Å². The molecule has 0 aliphatic heterocycles. The molecule has 110 valence electrons. The number of nitrogens with one attached hydrogen (secondary N) is 1. The van der Waals surface area contributed by atoms with Gasteiger partial charge in [-0.25, -0.2) is 4.79 Å². The van der Waals surface area contributed by atoms with Gasteiger partial charge in [-0.15, -0.1) is 0 Å². The maximum absolute atomic E-state index is 12.1. The molecule has 1 aliphatic carbocycles. The van der Waals surface area contributed by atoms with E-state index in [4.69, 9.17) is 11.6 Å². The van der Waals surface area contributed by atoms with Gasteiger partial charge in [-0.05, 0) is 29.5 Å². The molecule has 1 aromatic heterocycles. The lowest BCUT2D eigenvalue weighted by molar-refractivity contribution is 0.386. The van der Waals surface area contributed by atoms with Crippen LogP contribution in [0.2, 0.25) is 5.02 Å². The van der Waals surface area contributed by atoms with Crippen molar-refractivity contribution in [2.45, 2.75) is 26.3 Å². The van der Waals surface area contributed by atoms with Crippen LogP contribution < -0.4 is 11.2 Å². The highest BCUT2D eigenvalue weighted by molar-refractivity contribution is 6.30. The summed E-state index contributed by atoms with van der Waals surface area (Å²) in [6, 6.07) is 6.50. The maximum Gasteiger partial charge on any atom is 0.331 e. The van der Waals surface area contributed by atoms with Gasteiger partial charge in [-0.3, -0.25) is 14.3 Å². The predicted octanol–water partition coefficient (Wildman–Crippen LogP) is 2.53. The number of nitrogens with zero attached hydrogens (tertiary/aromatic N) is 1. The Hall–Kier alpha value is -2.01. The number of hydrogen-bond acceptors (Lipinski definition) is 3. The van der Waals surface area contributed by atoms with E-state index >= 15 is 0 Å². The molecule has 2 N–H and O–H groups in total. The van der Waals surface area contributed by atoms with Gasteiger partial charge in [0.2, 0.25) is 5.88 Å². The minimum Gasteiger partial charge on any atom is -0.494 e. The lowest BCUT2D eigenvalue weighted by Crippen LogP contribution is -2.31. The van der Waals surface area contributed by atoms with E-state index in [0.717, 1.165) is 6.42 Å². The number of benzene rings is 1. The van der Waals surface area contributed by atoms with Crippen molar-refractivity contribution in [1.29, 1.82) is 0 Å². The number of halogens is 1. The molecule has 0 amide bonds. The third-order valence-electron chi connectivity index (χ3n) is 4.00. The molecule has 2 aromatic rings. The Morgan fingerprint density at radius 3 is 2.62 bits per heavy atom. The summed E-state index contributed by atoms with van der Waals surface area (Å²) in [5.74, 6) is -0.304. The van der Waals surface area contributed by atoms with E-state index in [1.165, 1.54) is 4.57 Å². The summed E-state index contributed by atoms with van der Waals surface area (Å²) in [5, 5.41) is 10.9. The molecule has 0 saturated heterocycles. The van der Waals surface area contributed by atoms with E-state index in [9.17, 15) is 14.7 Å². The van der Waals surface area contributed by atoms with Gasteiger partial charge in [-0.2, -0.15) is 0 Å². The molecule has 1 fully saturated rings. The van der Waals surface area contributed by atoms with E-state index < -0.39 is 11.2 Å². The summed E-state index contributed by atoms with van der Waals surface area (Å²) < 4.78 is 1.26. The zero-order chi connectivity index (χ0) is 15.4. The average molecular weight is 307 g/mol. The third kappa shape index (κ3) is 2.27. The van der Waals surface area contributed by atoms with Crippen molar-refractivity contribution in [2.75, 3.05) is 0 Å². The van der Waals surface area contributed by atoms with Crippen LogP contribution >= 0.6 is 11.6 Å². The lowest BCUT2D eigenvalue weighted by atomic mass is 10.1. The summed E-state index contributed by atoms with van der Waals surface area (Å²) in [4.78, 5) is 26.3. The van der Waals surface area contributed by atoms with Crippen LogP contribution in [0.15, 0.2) is 33.9 Å². The summed E-state index contributed by atoms with van der Waals surface area (Å²) in [7, 11) is 0. The number of aromatic nitrogens is 2. The van der Waals surface area contributed by atoms with Crippen molar-refractivity contribution < 1.29 is 5.11 Å². The van der Waals surface area contributed by atoms with Crippen LogP contribution in [0.1, 0.15) is 26.3 Å². The quantitative estimate of drug-likeness (QED) is 0.895. The van der Waals surface area contributed by atoms with Crippen molar-refractivity contribution in [3.63, 3.8) is 0 Å². The van der Waals surface area contributed by atoms with Crippen LogP contribution in [0.3, 0.4) is 0 Å². The van der Waals surface area contributed by atoms with Crippen molar-refractivity contribution in [3.05, 3.63) is 50.1 Å². The van der Waals surface area contributed by atoms with Crippen LogP contribution in [-0.4, -0.2) is 14.7 Å². The number of rotatable bonds is 2. The van der Waals surface area contributed by atoms with Crippen LogP contribution in [0.5, 0.6) is 5.88 Å². The lowest BCUT2D eigenvalue weighted by Gasteiger charge is -2.13. The van der Waals surface area contributed by atoms with Crippen LogP contribution in [-0.2, 0) is 0 Å². The highest BCUT2D eigenvalue weighted by atomic mass is 35.5. The highest BCUT2D eigenvalue weighted by Crippen LogP contribution is 2.56. The molecule has 0 spiro atoms. The van der Waals surface area contributed by atoms with Crippen molar-refractivity contribution in [3.8, 4) is 17.0 Å². The fourth-order valence-electron chi connectivity index (χ4n) is 2.61. The number of hydrogen-bond donors (Lipinski definition) is 2. The molecule has 21 heavy (non-hydrogen) atoms. The molecule has 0 bridgehead atoms. The SMILES string of the molecule is CC1(C)CC1n1c(O)c(-c2cccc(Cl)c2)c(=O)[nH]c1=O. The number of H-pyrrole nitrogens is 1. The molecular weight excluding hydrogens is 292 g/mol. The fourth-order valence-corrected chi connectivity index (χ4v) is 2.80. The Morgan fingerprint density at radius 2 is 2.05 bits per heavy atom. The topological polar surface area (TPSA) is 75.1 Å². The Labute approximate surface area is 125 Å². The fraction of sp³-hybridized carbons (Fsp3) is 0.333. The Kier molecular flexibility index (Phi) is 2.99. The molecule has 3 rings (SSSR count). The maximum atomic E-state index is 12.1. The average Bonchev–Trinajstić information content (AvgIpc) is 2.97. The van der Waals surface area contributed by atoms with Gasteiger partial charge in [0.25, 0.3) is 5.56 Å². The zero-order valence-electron chi connectivity index (χ0n) is 11.7. The number of aromatic hydroxyl groups is 1. The second-order valence-corrected chi connectivity index (χ2v) is 6.48. The molecule has 1 aliphatic rings. The molecular formula is C15H15ClN2O3. The predicted molar refractivity (Wildman–Crippen MR) is 80.9 cm³/mol. The molecule has 1 atom stereocenters. The minimum absolute atomic E-state index is 0.0643. The van der Waals surface area contributed by atoms with Gasteiger partial charge in [0.05, 0.1) is 0 Å². The summed E-state index contributed by atoms with van der Waals surface area (Å²) in [6.45, 7) is 4.02. The van der Waals surface area contributed by atoms with E-state index in [1.807, 2.05) is 13.8 Å². The smallest absolute Gasteiger partial charge is 0.331 e. The summed E-state index contributed by atoms with van der Waals surface area (Å²) >= 11 is 5.93. The first-order valence-corrected chi connectivity index (χ1v) is 7.03.